The lowest BCUT2D eigenvalue weighted by Crippen LogP contribution is -2.38. The molecule has 8 heteroatoms. The summed E-state index contributed by atoms with van der Waals surface area (Å²) in [7, 11) is 1.76. The number of carboxylic acids is 1. The molecule has 3 rings (SSSR count). The van der Waals surface area contributed by atoms with E-state index < -0.39 is 17.7 Å². The van der Waals surface area contributed by atoms with Gasteiger partial charge < -0.3 is 24.8 Å². The molecule has 0 bridgehead atoms. The van der Waals surface area contributed by atoms with E-state index in [-0.39, 0.29) is 22.9 Å². The van der Waals surface area contributed by atoms with Gasteiger partial charge in [0.1, 0.15) is 5.82 Å². The van der Waals surface area contributed by atoms with Crippen molar-refractivity contribution in [3.05, 3.63) is 59.4 Å². The number of likely N-dealkylation sites (N-methyl/N-ethyl adjacent to an activating group) is 1. The van der Waals surface area contributed by atoms with Crippen LogP contribution in [0.1, 0.15) is 20.7 Å². The number of halogens is 1. The van der Waals surface area contributed by atoms with E-state index >= 15 is 0 Å². The van der Waals surface area contributed by atoms with E-state index in [1.165, 1.54) is 24.3 Å². The van der Waals surface area contributed by atoms with Gasteiger partial charge in [0, 0.05) is 19.3 Å². The smallest absolute Gasteiger partial charge is 0.337 e. The monoisotopic (exact) mass is 388 g/mol. The number of hydrogen-bond donors (Lipinski definition) is 2. The lowest BCUT2D eigenvalue weighted by molar-refractivity contribution is -0.0837. The number of ether oxygens (including phenoxy) is 2. The molecule has 1 aliphatic heterocycles. The summed E-state index contributed by atoms with van der Waals surface area (Å²) in [5, 5.41) is 12.1. The van der Waals surface area contributed by atoms with Gasteiger partial charge in [0.2, 0.25) is 0 Å². The Kier molecular flexibility index (Phi) is 6.23. The van der Waals surface area contributed by atoms with Crippen LogP contribution >= 0.6 is 0 Å². The molecule has 1 aliphatic rings. The molecule has 1 atom stereocenters. The summed E-state index contributed by atoms with van der Waals surface area (Å²) in [6, 6.07) is 10.1. The SMILES string of the molecule is CN(C[C@@H]1COCCO1)c1ccc(NC(=O)c2ccccc2F)cc1C(=O)O. The Bertz CT molecular complexity index is 867. The summed E-state index contributed by atoms with van der Waals surface area (Å²) >= 11 is 0. The predicted molar refractivity (Wildman–Crippen MR) is 102 cm³/mol. The summed E-state index contributed by atoms with van der Waals surface area (Å²) in [4.78, 5) is 25.8. The largest absolute Gasteiger partial charge is 0.478 e. The van der Waals surface area contributed by atoms with Crippen LogP contribution in [-0.4, -0.2) is 56.5 Å². The number of nitrogens with zero attached hydrogens (tertiary/aromatic N) is 1. The van der Waals surface area contributed by atoms with Crippen LogP contribution in [0.4, 0.5) is 15.8 Å². The molecule has 148 valence electrons. The van der Waals surface area contributed by atoms with Crippen molar-refractivity contribution in [2.75, 3.05) is 43.6 Å². The van der Waals surface area contributed by atoms with Crippen molar-refractivity contribution in [1.29, 1.82) is 0 Å². The highest BCUT2D eigenvalue weighted by molar-refractivity contribution is 6.05. The topological polar surface area (TPSA) is 88.1 Å². The molecule has 2 aromatic rings. The molecule has 0 aliphatic carbocycles. The van der Waals surface area contributed by atoms with E-state index in [0.29, 0.717) is 32.1 Å². The molecule has 7 nitrogen and oxygen atoms in total. The Hall–Kier alpha value is -2.97. The predicted octanol–water partition coefficient (Wildman–Crippen LogP) is 2.63. The second-order valence-electron chi connectivity index (χ2n) is 6.42. The van der Waals surface area contributed by atoms with E-state index in [1.54, 1.807) is 30.1 Å². The van der Waals surface area contributed by atoms with Gasteiger partial charge in [0.25, 0.3) is 5.91 Å². The second kappa shape index (κ2) is 8.81. The fourth-order valence-electron chi connectivity index (χ4n) is 3.01. The quantitative estimate of drug-likeness (QED) is 0.791. The number of carbonyl (C=O) groups excluding carboxylic acids is 1. The number of carbonyl (C=O) groups is 2. The Balaban J connectivity index is 1.78. The molecule has 1 fully saturated rings. The first-order chi connectivity index (χ1) is 13.5. The van der Waals surface area contributed by atoms with E-state index in [4.69, 9.17) is 9.47 Å². The average molecular weight is 388 g/mol. The molecule has 2 N–H and O–H groups in total. The van der Waals surface area contributed by atoms with Crippen LogP contribution in [0.25, 0.3) is 0 Å². The van der Waals surface area contributed by atoms with Crippen LogP contribution in [0.15, 0.2) is 42.5 Å². The van der Waals surface area contributed by atoms with Gasteiger partial charge in [-0.2, -0.15) is 0 Å². The van der Waals surface area contributed by atoms with E-state index in [1.807, 2.05) is 0 Å². The minimum Gasteiger partial charge on any atom is -0.478 e. The third-order valence-electron chi connectivity index (χ3n) is 4.38. The molecule has 1 amide bonds. The maximum absolute atomic E-state index is 13.8. The number of amides is 1. The standard InChI is InChI=1S/C20H21FN2O5/c1-23(11-14-12-27-8-9-28-14)18-7-6-13(10-16(18)20(25)26)22-19(24)15-4-2-3-5-17(15)21/h2-7,10,14H,8-9,11-12H2,1H3,(H,22,24)(H,25,26)/t14-/m1/s1. The number of carboxylic acid groups (broad SMARTS) is 1. The first-order valence-electron chi connectivity index (χ1n) is 8.79. The molecule has 28 heavy (non-hydrogen) atoms. The fourth-order valence-corrected chi connectivity index (χ4v) is 3.01. The van der Waals surface area contributed by atoms with Crippen LogP contribution < -0.4 is 10.2 Å². The number of anilines is 2. The Morgan fingerprint density at radius 3 is 2.68 bits per heavy atom. The molecular weight excluding hydrogens is 367 g/mol. The van der Waals surface area contributed by atoms with Gasteiger partial charge in [-0.1, -0.05) is 12.1 Å². The van der Waals surface area contributed by atoms with Crippen LogP contribution in [0.5, 0.6) is 0 Å². The summed E-state index contributed by atoms with van der Waals surface area (Å²) in [5.74, 6) is -2.43. The number of aromatic carboxylic acids is 1. The van der Waals surface area contributed by atoms with E-state index in [9.17, 15) is 19.1 Å². The first kappa shape index (κ1) is 19.8. The average Bonchev–Trinajstić information content (AvgIpc) is 2.69. The molecule has 0 radical (unpaired) electrons. The first-order valence-corrected chi connectivity index (χ1v) is 8.79. The minimum atomic E-state index is -1.13. The van der Waals surface area contributed by atoms with Gasteiger partial charge in [-0.15, -0.1) is 0 Å². The molecule has 0 saturated carbocycles. The van der Waals surface area contributed by atoms with Crippen LogP contribution in [0.2, 0.25) is 0 Å². The molecule has 1 heterocycles. The highest BCUT2D eigenvalue weighted by Gasteiger charge is 2.21. The van der Waals surface area contributed by atoms with Crippen molar-refractivity contribution in [2.45, 2.75) is 6.10 Å². The molecule has 0 spiro atoms. The number of hydrogen-bond acceptors (Lipinski definition) is 5. The van der Waals surface area contributed by atoms with Crippen molar-refractivity contribution < 1.29 is 28.6 Å². The zero-order chi connectivity index (χ0) is 20.1. The number of nitrogens with one attached hydrogen (secondary N) is 1. The molecular formula is C20H21FN2O5. The lowest BCUT2D eigenvalue weighted by Gasteiger charge is -2.29. The highest BCUT2D eigenvalue weighted by atomic mass is 19.1. The zero-order valence-electron chi connectivity index (χ0n) is 15.4. The molecule has 1 saturated heterocycles. The summed E-state index contributed by atoms with van der Waals surface area (Å²) in [6.45, 7) is 1.97. The zero-order valence-corrected chi connectivity index (χ0v) is 15.4. The molecule has 0 aromatic heterocycles. The highest BCUT2D eigenvalue weighted by Crippen LogP contribution is 2.25. The summed E-state index contributed by atoms with van der Waals surface area (Å²) in [6.07, 6.45) is -0.152. The van der Waals surface area contributed by atoms with Crippen molar-refractivity contribution in [3.63, 3.8) is 0 Å². The fraction of sp³-hybridized carbons (Fsp3) is 0.300. The van der Waals surface area contributed by atoms with Gasteiger partial charge in [-0.3, -0.25) is 4.79 Å². The third kappa shape index (κ3) is 4.65. The van der Waals surface area contributed by atoms with Gasteiger partial charge >= 0.3 is 5.97 Å². The van der Waals surface area contributed by atoms with Crippen LogP contribution in [-0.2, 0) is 9.47 Å². The van der Waals surface area contributed by atoms with E-state index in [2.05, 4.69) is 5.32 Å². The normalized spacial score (nSPS) is 16.4. The van der Waals surface area contributed by atoms with Crippen LogP contribution in [0, 0.1) is 5.82 Å². The van der Waals surface area contributed by atoms with Crippen molar-refractivity contribution in [1.82, 2.24) is 0 Å². The van der Waals surface area contributed by atoms with Crippen molar-refractivity contribution in [2.24, 2.45) is 0 Å². The van der Waals surface area contributed by atoms with Gasteiger partial charge in [0.15, 0.2) is 0 Å². The van der Waals surface area contributed by atoms with Crippen molar-refractivity contribution in [3.8, 4) is 0 Å². The summed E-state index contributed by atoms with van der Waals surface area (Å²) < 4.78 is 24.7. The number of rotatable bonds is 6. The van der Waals surface area contributed by atoms with Gasteiger partial charge in [-0.05, 0) is 30.3 Å². The Labute approximate surface area is 161 Å². The molecule has 0 unspecified atom stereocenters. The van der Waals surface area contributed by atoms with Gasteiger partial charge in [0.05, 0.1) is 42.7 Å². The van der Waals surface area contributed by atoms with Crippen LogP contribution in [0.3, 0.4) is 0 Å². The van der Waals surface area contributed by atoms with Crippen molar-refractivity contribution >= 4 is 23.3 Å². The van der Waals surface area contributed by atoms with E-state index in [0.717, 1.165) is 0 Å². The van der Waals surface area contributed by atoms with Gasteiger partial charge in [-0.25, -0.2) is 9.18 Å². The Morgan fingerprint density at radius 1 is 1.21 bits per heavy atom. The Morgan fingerprint density at radius 2 is 2.00 bits per heavy atom. The second-order valence-corrected chi connectivity index (χ2v) is 6.42. The minimum absolute atomic E-state index is 0.0190. The third-order valence-corrected chi connectivity index (χ3v) is 4.38. The summed E-state index contributed by atoms with van der Waals surface area (Å²) in [5.41, 5.74) is 0.645. The lowest BCUT2D eigenvalue weighted by atomic mass is 10.1. The molecule has 2 aromatic carbocycles. The maximum Gasteiger partial charge on any atom is 0.337 e. The number of benzene rings is 2. The maximum atomic E-state index is 13.8.